The monoisotopic (exact) mass is 1860 g/mol. The van der Waals surface area contributed by atoms with Gasteiger partial charge in [0.1, 0.15) is 0 Å². The van der Waals surface area contributed by atoms with Gasteiger partial charge in [-0.1, -0.05) is 431 Å². The van der Waals surface area contributed by atoms with E-state index in [4.69, 9.17) is 0 Å². The van der Waals surface area contributed by atoms with Crippen molar-refractivity contribution in [1.29, 1.82) is 0 Å². The molecule has 0 aliphatic carbocycles. The molecule has 0 aliphatic rings. The zero-order chi connectivity index (χ0) is 96.7. The Morgan fingerprint density at radius 3 is 0.815 bits per heavy atom. The summed E-state index contributed by atoms with van der Waals surface area (Å²) in [6, 6.07) is 214. The molecule has 684 valence electrons. The van der Waals surface area contributed by atoms with Crippen molar-refractivity contribution in [3.8, 4) is 167 Å². The average molecular weight is 1860 g/mol. The number of aromatic nitrogens is 2. The van der Waals surface area contributed by atoms with Gasteiger partial charge in [-0.15, -0.1) is 0 Å². The van der Waals surface area contributed by atoms with Crippen LogP contribution in [0.4, 0.5) is 34.1 Å². The molecule has 0 spiro atoms. The highest BCUT2D eigenvalue weighted by atomic mass is 15.2. The molecule has 0 amide bonds. The smallest absolute Gasteiger partial charge is 0.0547 e. The second kappa shape index (κ2) is 38.1. The Morgan fingerprint density at radius 2 is 0.377 bits per heavy atom. The minimum Gasteiger partial charge on any atom is -0.310 e. The molecule has 2 aromatic heterocycles. The zero-order valence-electron chi connectivity index (χ0n) is 80.2. The summed E-state index contributed by atoms with van der Waals surface area (Å²) in [7, 11) is 0. The first kappa shape index (κ1) is 87.0. The van der Waals surface area contributed by atoms with E-state index in [-0.39, 0.29) is 0 Å². The topological polar surface area (TPSA) is 16.3 Å². The third-order valence-electron chi connectivity index (χ3n) is 29.1. The molecule has 0 saturated carbocycles. The van der Waals surface area contributed by atoms with Gasteiger partial charge in [0.15, 0.2) is 0 Å². The van der Waals surface area contributed by atoms with E-state index < -0.39 is 0 Å². The summed E-state index contributed by atoms with van der Waals surface area (Å²) in [6.45, 7) is 0. The molecule has 4 heteroatoms. The van der Waals surface area contributed by atoms with Gasteiger partial charge < -0.3 is 18.9 Å². The van der Waals surface area contributed by atoms with Crippen LogP contribution < -0.4 is 9.80 Å². The Bertz CT molecular complexity index is 9300. The van der Waals surface area contributed by atoms with Crippen LogP contribution in [0.5, 0.6) is 0 Å². The maximum atomic E-state index is 2.47. The summed E-state index contributed by atoms with van der Waals surface area (Å²) in [4.78, 5) is 4.87. The van der Waals surface area contributed by atoms with Gasteiger partial charge in [-0.2, -0.15) is 0 Å². The van der Waals surface area contributed by atoms with E-state index in [1.54, 1.807) is 0 Å². The summed E-state index contributed by atoms with van der Waals surface area (Å²) in [5.74, 6) is 0. The normalized spacial score (nSPS) is 11.4. The lowest BCUT2D eigenvalue weighted by molar-refractivity contribution is 1.18. The number of hydrogen-bond donors (Lipinski definition) is 0. The van der Waals surface area contributed by atoms with Gasteiger partial charge in [-0.25, -0.2) is 0 Å². The number of rotatable bonds is 22. The molecule has 0 N–H and O–H groups in total. The minimum absolute atomic E-state index is 1.04. The summed E-state index contributed by atoms with van der Waals surface area (Å²) < 4.78 is 4.87. The summed E-state index contributed by atoms with van der Waals surface area (Å²) in [6.07, 6.45) is 0. The van der Waals surface area contributed by atoms with Crippen LogP contribution in [0.25, 0.3) is 222 Å². The second-order valence-electron chi connectivity index (χ2n) is 37.7. The van der Waals surface area contributed by atoms with Gasteiger partial charge >= 0.3 is 0 Å². The molecular weight excluding hydrogens is 1760 g/mol. The van der Waals surface area contributed by atoms with E-state index in [0.29, 0.717) is 0 Å². The van der Waals surface area contributed by atoms with Crippen LogP contribution in [0, 0.1) is 0 Å². The van der Waals surface area contributed by atoms with E-state index in [1.165, 1.54) is 110 Å². The molecule has 0 saturated heterocycles. The number of hydrogen-bond acceptors (Lipinski definition) is 2. The summed E-state index contributed by atoms with van der Waals surface area (Å²) in [5.41, 5.74) is 45.6. The maximum Gasteiger partial charge on any atom is 0.0547 e. The van der Waals surface area contributed by atoms with Gasteiger partial charge in [0, 0.05) is 66.8 Å². The first-order valence-corrected chi connectivity index (χ1v) is 50.2. The third kappa shape index (κ3) is 16.4. The molecule has 0 unspecified atom stereocenters. The average Bonchev–Trinajstić information content (AvgIpc) is 1.58. The van der Waals surface area contributed by atoms with Gasteiger partial charge in [0.05, 0.1) is 33.4 Å². The van der Waals surface area contributed by atoms with Crippen molar-refractivity contribution in [1.82, 2.24) is 9.13 Å². The van der Waals surface area contributed by atoms with Crippen molar-refractivity contribution in [2.24, 2.45) is 0 Å². The van der Waals surface area contributed by atoms with Crippen LogP contribution >= 0.6 is 0 Å². The fourth-order valence-corrected chi connectivity index (χ4v) is 22.2. The van der Waals surface area contributed by atoms with E-state index in [1.807, 2.05) is 0 Å². The van der Waals surface area contributed by atoms with Crippen molar-refractivity contribution in [2.75, 3.05) is 9.80 Å². The predicted octanol–water partition coefficient (Wildman–Crippen LogP) is 39.3. The second-order valence-corrected chi connectivity index (χ2v) is 37.7. The minimum atomic E-state index is 1.04. The molecule has 0 atom stereocenters. The molecule has 0 aliphatic heterocycles. The highest BCUT2D eigenvalue weighted by Crippen LogP contribution is 2.51. The molecule has 4 nitrogen and oxygen atoms in total. The van der Waals surface area contributed by atoms with Gasteiger partial charge in [0.2, 0.25) is 0 Å². The third-order valence-corrected chi connectivity index (χ3v) is 29.1. The molecule has 146 heavy (non-hydrogen) atoms. The number of benzene rings is 24. The fraction of sp³-hybridized carbons (Fsp3) is 0. The van der Waals surface area contributed by atoms with Crippen molar-refractivity contribution in [3.05, 3.63) is 582 Å². The number of para-hydroxylation sites is 5. The Morgan fingerprint density at radius 1 is 0.123 bits per heavy atom. The first-order chi connectivity index (χ1) is 72.4. The molecule has 26 aromatic rings. The van der Waals surface area contributed by atoms with E-state index in [9.17, 15) is 0 Å². The highest BCUT2D eigenvalue weighted by molar-refractivity contribution is 6.18. The fourth-order valence-electron chi connectivity index (χ4n) is 22.2. The standard InChI is InChI=1S/C142H96N4/c1-6-35-97(36-7-1)113-92-114(98-37-8-2-9-38-98)94-115(93-113)101-75-83-119(84-76-101)144(121-87-79-105(80-88-121)126-55-21-19-53-124(126)103-41-12-4-13-42-103)136-64-27-23-58-129(136)110-46-31-48-112(90-110)131-62-34-68-140-142(131)133-60-25-29-66-138(133)146(140)122-51-32-44-107(95-122)116-91-108-43-16-17-56-127(108)134(96-116)106-71-69-99(70-72-106)100-73-81-118(82-74-100)143(120-85-77-104(78-86-120)125-54-20-18-52-123(125)102-39-10-3-11-40-102)135-63-26-22-57-128(135)109-45-30-47-111(89-109)130-61-33-67-139-141(130)132-59-24-28-65-137(132)145(139)117-49-14-5-15-50-117/h1-96H. The van der Waals surface area contributed by atoms with Gasteiger partial charge in [-0.05, 0) is 307 Å². The SMILES string of the molecule is c1ccc(-c2cc(-c3ccccc3)cc(-c3ccc(N(c4ccc(-c5ccccc5-c5ccccc5)cc4)c4ccccc4-c4cccc(-c5cccc6c5c5ccccc5n6-c5cccc(-c6cc(-c7ccc(-c8ccc(N(c9ccc(-c%10ccccc%10-c%10ccccc%10)cc9)c9ccccc9-c9cccc(-c%10cccc%11c%10c%10ccccc%10n%11-c%10ccccc%10)c9)cc8)cc7)c7ccccc7c6)c5)c4)cc3)c2)cc1. The maximum absolute atomic E-state index is 2.47. The van der Waals surface area contributed by atoms with Crippen molar-refractivity contribution < 1.29 is 0 Å². The van der Waals surface area contributed by atoms with Gasteiger partial charge in [-0.3, -0.25) is 0 Å². The Labute approximate surface area is 850 Å². The summed E-state index contributed by atoms with van der Waals surface area (Å²) >= 11 is 0. The van der Waals surface area contributed by atoms with Crippen molar-refractivity contribution in [2.45, 2.75) is 0 Å². The van der Waals surface area contributed by atoms with Crippen molar-refractivity contribution in [3.63, 3.8) is 0 Å². The van der Waals surface area contributed by atoms with Crippen LogP contribution in [0.2, 0.25) is 0 Å². The molecule has 24 aromatic carbocycles. The zero-order valence-corrected chi connectivity index (χ0v) is 80.2. The van der Waals surface area contributed by atoms with Crippen LogP contribution in [-0.2, 0) is 0 Å². The first-order valence-electron chi connectivity index (χ1n) is 50.2. The molecule has 26 rings (SSSR count). The molecule has 0 fully saturated rings. The van der Waals surface area contributed by atoms with Gasteiger partial charge in [0.25, 0.3) is 0 Å². The lowest BCUT2D eigenvalue weighted by Gasteiger charge is -2.28. The molecule has 0 radical (unpaired) electrons. The van der Waals surface area contributed by atoms with E-state index in [0.717, 1.165) is 146 Å². The molecular formula is C142H96N4. The van der Waals surface area contributed by atoms with Crippen molar-refractivity contribution >= 4 is 88.5 Å². The van der Waals surface area contributed by atoms with Crippen LogP contribution in [-0.4, -0.2) is 9.13 Å². The Hall–Kier alpha value is -19.3. The van der Waals surface area contributed by atoms with Crippen LogP contribution in [0.3, 0.4) is 0 Å². The predicted molar refractivity (Wildman–Crippen MR) is 618 cm³/mol. The van der Waals surface area contributed by atoms with Crippen LogP contribution in [0.15, 0.2) is 582 Å². The molecule has 2 heterocycles. The number of nitrogens with zero attached hydrogens (tertiary/aromatic N) is 4. The largest absolute Gasteiger partial charge is 0.310 e. The molecule has 0 bridgehead atoms. The van der Waals surface area contributed by atoms with Crippen LogP contribution in [0.1, 0.15) is 0 Å². The number of anilines is 6. The van der Waals surface area contributed by atoms with E-state index >= 15 is 0 Å². The number of fused-ring (bicyclic) bond motifs is 7. The quantitative estimate of drug-likeness (QED) is 0.0672. The Kier molecular flexibility index (Phi) is 22.7. The Balaban J connectivity index is 0.522. The lowest BCUT2D eigenvalue weighted by Crippen LogP contribution is -2.11. The lowest BCUT2D eigenvalue weighted by atomic mass is 9.92. The summed E-state index contributed by atoms with van der Waals surface area (Å²) in [5, 5.41) is 7.23. The highest BCUT2D eigenvalue weighted by Gasteiger charge is 2.26. The van der Waals surface area contributed by atoms with E-state index in [2.05, 4.69) is 601 Å².